The zero-order valence-corrected chi connectivity index (χ0v) is 11.2. The third-order valence-corrected chi connectivity index (χ3v) is 4.20. The van der Waals surface area contributed by atoms with Crippen molar-refractivity contribution in [2.24, 2.45) is 0 Å². The van der Waals surface area contributed by atoms with Gasteiger partial charge in [-0.1, -0.05) is 0 Å². The number of hydrogen-bond acceptors (Lipinski definition) is 4. The normalized spacial score (nSPS) is 17.1. The second kappa shape index (κ2) is 5.65. The molecule has 1 aliphatic rings. The fraction of sp³-hybridized carbons (Fsp3) is 0.462. The van der Waals surface area contributed by atoms with Crippen molar-refractivity contribution in [1.82, 2.24) is 20.2 Å². The number of piperazine rings is 1. The number of thiazole rings is 1. The molecule has 5 heteroatoms. The highest BCUT2D eigenvalue weighted by atomic mass is 32.1. The molecule has 2 N–H and O–H groups in total. The second-order valence-electron chi connectivity index (χ2n) is 4.57. The third-order valence-electron chi connectivity index (χ3n) is 3.27. The smallest absolute Gasteiger partial charge is 0.139 e. The van der Waals surface area contributed by atoms with Gasteiger partial charge in [-0.3, -0.25) is 0 Å². The van der Waals surface area contributed by atoms with Crippen LogP contribution in [-0.2, 0) is 6.42 Å². The van der Waals surface area contributed by atoms with Crippen molar-refractivity contribution in [3.05, 3.63) is 29.4 Å². The van der Waals surface area contributed by atoms with E-state index in [2.05, 4.69) is 31.6 Å². The van der Waals surface area contributed by atoms with E-state index in [4.69, 9.17) is 0 Å². The highest BCUT2D eigenvalue weighted by molar-refractivity contribution is 7.13. The molecule has 0 spiro atoms. The predicted octanol–water partition coefficient (Wildman–Crippen LogP) is 1.59. The Labute approximate surface area is 111 Å². The number of aromatic amines is 1. The number of rotatable bonds is 4. The zero-order valence-electron chi connectivity index (χ0n) is 10.4. The van der Waals surface area contributed by atoms with E-state index in [0.29, 0.717) is 0 Å². The SMILES string of the molecule is c1c[nH]c(-c2nc(CCN3CCNCC3)cs2)c1. The van der Waals surface area contributed by atoms with E-state index in [1.165, 1.54) is 5.69 Å². The number of nitrogens with one attached hydrogen (secondary N) is 2. The molecule has 0 unspecified atom stereocenters. The van der Waals surface area contributed by atoms with Gasteiger partial charge < -0.3 is 15.2 Å². The van der Waals surface area contributed by atoms with Crippen LogP contribution in [0.3, 0.4) is 0 Å². The molecule has 1 aliphatic heterocycles. The molecule has 2 aromatic rings. The van der Waals surface area contributed by atoms with Crippen LogP contribution in [0.2, 0.25) is 0 Å². The monoisotopic (exact) mass is 262 g/mol. The number of hydrogen-bond donors (Lipinski definition) is 2. The number of H-pyrrole nitrogens is 1. The van der Waals surface area contributed by atoms with Gasteiger partial charge in [-0.25, -0.2) is 4.98 Å². The van der Waals surface area contributed by atoms with Gasteiger partial charge in [0.2, 0.25) is 0 Å². The molecular formula is C13H18N4S. The molecule has 0 aliphatic carbocycles. The maximum Gasteiger partial charge on any atom is 0.139 e. The van der Waals surface area contributed by atoms with Gasteiger partial charge in [0.1, 0.15) is 5.01 Å². The molecule has 3 heterocycles. The first-order chi connectivity index (χ1) is 8.92. The van der Waals surface area contributed by atoms with Gasteiger partial charge in [0, 0.05) is 50.7 Å². The van der Waals surface area contributed by atoms with Crippen LogP contribution in [0.4, 0.5) is 0 Å². The van der Waals surface area contributed by atoms with Crippen LogP contribution >= 0.6 is 11.3 Å². The average Bonchev–Trinajstić information content (AvgIpc) is 3.08. The minimum absolute atomic E-state index is 1.05. The predicted molar refractivity (Wildman–Crippen MR) is 74.9 cm³/mol. The summed E-state index contributed by atoms with van der Waals surface area (Å²) >= 11 is 1.72. The Hall–Kier alpha value is -1.17. The van der Waals surface area contributed by atoms with E-state index < -0.39 is 0 Å². The molecule has 3 rings (SSSR count). The van der Waals surface area contributed by atoms with Gasteiger partial charge in [-0.15, -0.1) is 11.3 Å². The van der Waals surface area contributed by atoms with Crippen molar-refractivity contribution in [2.75, 3.05) is 32.7 Å². The molecule has 0 bridgehead atoms. The Bertz CT molecular complexity index is 471. The van der Waals surface area contributed by atoms with Crippen molar-refractivity contribution in [3.8, 4) is 10.7 Å². The maximum atomic E-state index is 4.68. The zero-order chi connectivity index (χ0) is 12.2. The summed E-state index contributed by atoms with van der Waals surface area (Å²) in [5.74, 6) is 0. The van der Waals surface area contributed by atoms with E-state index in [-0.39, 0.29) is 0 Å². The van der Waals surface area contributed by atoms with Crippen molar-refractivity contribution < 1.29 is 0 Å². The van der Waals surface area contributed by atoms with E-state index in [1.54, 1.807) is 11.3 Å². The quantitative estimate of drug-likeness (QED) is 0.879. The summed E-state index contributed by atoms with van der Waals surface area (Å²) in [5.41, 5.74) is 2.33. The fourth-order valence-corrected chi connectivity index (χ4v) is 3.06. The Kier molecular flexibility index (Phi) is 3.73. The van der Waals surface area contributed by atoms with Gasteiger partial charge in [0.15, 0.2) is 0 Å². The molecular weight excluding hydrogens is 244 g/mol. The lowest BCUT2D eigenvalue weighted by Crippen LogP contribution is -2.44. The standard InChI is InChI=1S/C13H18N4S/c1-2-12(15-4-1)13-16-11(10-18-13)3-7-17-8-5-14-6-9-17/h1-2,4,10,14-15H,3,5-9H2. The van der Waals surface area contributed by atoms with E-state index in [0.717, 1.165) is 49.8 Å². The molecule has 18 heavy (non-hydrogen) atoms. The van der Waals surface area contributed by atoms with Crippen molar-refractivity contribution >= 4 is 11.3 Å². The molecule has 0 aromatic carbocycles. The first-order valence-electron chi connectivity index (χ1n) is 6.43. The molecule has 1 fully saturated rings. The largest absolute Gasteiger partial charge is 0.359 e. The van der Waals surface area contributed by atoms with Crippen LogP contribution in [-0.4, -0.2) is 47.6 Å². The Morgan fingerprint density at radius 1 is 1.33 bits per heavy atom. The summed E-state index contributed by atoms with van der Waals surface area (Å²) in [6, 6.07) is 4.08. The van der Waals surface area contributed by atoms with Crippen molar-refractivity contribution in [3.63, 3.8) is 0 Å². The highest BCUT2D eigenvalue weighted by Gasteiger charge is 2.10. The highest BCUT2D eigenvalue weighted by Crippen LogP contribution is 2.22. The van der Waals surface area contributed by atoms with E-state index in [1.807, 2.05) is 12.3 Å². The summed E-state index contributed by atoms with van der Waals surface area (Å²) in [5, 5.41) is 6.65. The Balaban J connectivity index is 1.57. The van der Waals surface area contributed by atoms with Gasteiger partial charge in [0.05, 0.1) is 11.4 Å². The molecule has 0 radical (unpaired) electrons. The molecule has 2 aromatic heterocycles. The number of aromatic nitrogens is 2. The Morgan fingerprint density at radius 2 is 2.22 bits per heavy atom. The summed E-state index contributed by atoms with van der Waals surface area (Å²) < 4.78 is 0. The van der Waals surface area contributed by atoms with Gasteiger partial charge in [-0.2, -0.15) is 0 Å². The summed E-state index contributed by atoms with van der Waals surface area (Å²) in [6.07, 6.45) is 2.99. The van der Waals surface area contributed by atoms with Crippen LogP contribution in [0.1, 0.15) is 5.69 Å². The number of nitrogens with zero attached hydrogens (tertiary/aromatic N) is 2. The van der Waals surface area contributed by atoms with Gasteiger partial charge >= 0.3 is 0 Å². The molecule has 96 valence electrons. The molecule has 1 saturated heterocycles. The van der Waals surface area contributed by atoms with Crippen LogP contribution in [0, 0.1) is 0 Å². The molecule has 4 nitrogen and oxygen atoms in total. The van der Waals surface area contributed by atoms with Crippen molar-refractivity contribution in [2.45, 2.75) is 6.42 Å². The van der Waals surface area contributed by atoms with Gasteiger partial charge in [-0.05, 0) is 12.1 Å². The average molecular weight is 262 g/mol. The first kappa shape index (κ1) is 11.9. The van der Waals surface area contributed by atoms with Gasteiger partial charge in [0.25, 0.3) is 0 Å². The minimum Gasteiger partial charge on any atom is -0.359 e. The van der Waals surface area contributed by atoms with E-state index >= 15 is 0 Å². The fourth-order valence-electron chi connectivity index (χ4n) is 2.22. The summed E-state index contributed by atoms with van der Waals surface area (Å²) in [4.78, 5) is 10.4. The topological polar surface area (TPSA) is 44.0 Å². The third kappa shape index (κ3) is 2.80. The summed E-state index contributed by atoms with van der Waals surface area (Å²) in [6.45, 7) is 5.67. The molecule has 0 amide bonds. The molecule has 0 atom stereocenters. The first-order valence-corrected chi connectivity index (χ1v) is 7.31. The van der Waals surface area contributed by atoms with Crippen molar-refractivity contribution in [1.29, 1.82) is 0 Å². The van der Waals surface area contributed by atoms with Crippen LogP contribution in [0.25, 0.3) is 10.7 Å². The van der Waals surface area contributed by atoms with Crippen LogP contribution in [0.5, 0.6) is 0 Å². The van der Waals surface area contributed by atoms with Crippen LogP contribution < -0.4 is 5.32 Å². The van der Waals surface area contributed by atoms with E-state index in [9.17, 15) is 0 Å². The minimum atomic E-state index is 1.05. The molecule has 0 saturated carbocycles. The second-order valence-corrected chi connectivity index (χ2v) is 5.43. The lowest BCUT2D eigenvalue weighted by atomic mass is 10.3. The summed E-state index contributed by atoms with van der Waals surface area (Å²) in [7, 11) is 0. The maximum absolute atomic E-state index is 4.68. The Morgan fingerprint density at radius 3 is 3.00 bits per heavy atom. The lowest BCUT2D eigenvalue weighted by molar-refractivity contribution is 0.243. The lowest BCUT2D eigenvalue weighted by Gasteiger charge is -2.26. The van der Waals surface area contributed by atoms with Crippen LogP contribution in [0.15, 0.2) is 23.7 Å².